The van der Waals surface area contributed by atoms with E-state index < -0.39 is 27.9 Å². The van der Waals surface area contributed by atoms with Gasteiger partial charge in [0.2, 0.25) is 10.0 Å². The summed E-state index contributed by atoms with van der Waals surface area (Å²) in [5.41, 5.74) is -0.262. The summed E-state index contributed by atoms with van der Waals surface area (Å²) in [5.74, 6) is -2.16. The molecule has 1 fully saturated rings. The number of piperidine rings is 1. The zero-order valence-electron chi connectivity index (χ0n) is 11.0. The maximum absolute atomic E-state index is 13.6. The van der Waals surface area contributed by atoms with Crippen molar-refractivity contribution in [3.8, 4) is 6.07 Å². The molecular formula is C13H13FN2O4S. The molecule has 1 aromatic carbocycles. The number of rotatable bonds is 3. The Bertz CT molecular complexity index is 711. The van der Waals surface area contributed by atoms with Crippen LogP contribution in [-0.4, -0.2) is 36.4 Å². The van der Waals surface area contributed by atoms with Crippen LogP contribution >= 0.6 is 0 Å². The van der Waals surface area contributed by atoms with Crippen LogP contribution < -0.4 is 0 Å². The van der Waals surface area contributed by atoms with Crippen molar-refractivity contribution in [1.29, 1.82) is 5.26 Å². The van der Waals surface area contributed by atoms with Gasteiger partial charge >= 0.3 is 5.97 Å². The molecule has 0 radical (unpaired) electrons. The van der Waals surface area contributed by atoms with Crippen molar-refractivity contribution in [1.82, 2.24) is 4.31 Å². The van der Waals surface area contributed by atoms with Crippen LogP contribution in [0.5, 0.6) is 0 Å². The highest BCUT2D eigenvalue weighted by atomic mass is 32.2. The van der Waals surface area contributed by atoms with Crippen molar-refractivity contribution >= 4 is 16.0 Å². The molecule has 0 aromatic heterocycles. The normalized spacial score (nSPS) is 19.9. The van der Waals surface area contributed by atoms with Crippen molar-refractivity contribution < 1.29 is 22.7 Å². The van der Waals surface area contributed by atoms with E-state index in [9.17, 15) is 17.6 Å². The van der Waals surface area contributed by atoms with Gasteiger partial charge in [-0.25, -0.2) is 12.8 Å². The maximum Gasteiger partial charge on any atom is 0.322 e. The molecule has 0 saturated carbocycles. The summed E-state index contributed by atoms with van der Waals surface area (Å²) in [7, 11) is -4.10. The number of nitriles is 1. The van der Waals surface area contributed by atoms with Crippen LogP contribution in [0.1, 0.15) is 24.8 Å². The highest BCUT2D eigenvalue weighted by molar-refractivity contribution is 7.89. The molecule has 1 aliphatic rings. The third kappa shape index (κ3) is 2.89. The Morgan fingerprint density at radius 1 is 1.43 bits per heavy atom. The first-order chi connectivity index (χ1) is 9.87. The van der Waals surface area contributed by atoms with E-state index in [0.717, 1.165) is 22.5 Å². The number of hydrogen-bond acceptors (Lipinski definition) is 4. The van der Waals surface area contributed by atoms with Crippen molar-refractivity contribution in [3.63, 3.8) is 0 Å². The molecule has 6 nitrogen and oxygen atoms in total. The number of carbonyl (C=O) groups is 1. The van der Waals surface area contributed by atoms with E-state index >= 15 is 0 Å². The molecule has 1 heterocycles. The number of carboxylic acid groups (broad SMARTS) is 1. The molecule has 1 aromatic rings. The molecule has 1 atom stereocenters. The molecule has 0 spiro atoms. The average molecular weight is 312 g/mol. The van der Waals surface area contributed by atoms with Gasteiger partial charge in [-0.2, -0.15) is 9.57 Å². The third-order valence-corrected chi connectivity index (χ3v) is 5.31. The van der Waals surface area contributed by atoms with Crippen LogP contribution in [0, 0.1) is 17.1 Å². The summed E-state index contributed by atoms with van der Waals surface area (Å²) >= 11 is 0. The average Bonchev–Trinajstić information content (AvgIpc) is 2.47. The second-order valence-electron chi connectivity index (χ2n) is 4.72. The van der Waals surface area contributed by atoms with E-state index in [1.54, 1.807) is 6.07 Å². The molecule has 21 heavy (non-hydrogen) atoms. The molecule has 1 N–H and O–H groups in total. The molecule has 2 rings (SSSR count). The standard InChI is InChI=1S/C13H13FN2O4S/c14-11-7-10(5-4-9(11)8-15)21(19,20)16-6-2-1-3-12(16)13(17)18/h4-5,7,12H,1-3,6H2,(H,17,18). The number of hydrogen-bond donors (Lipinski definition) is 1. The number of carboxylic acids is 1. The molecule has 0 bridgehead atoms. The van der Waals surface area contributed by atoms with Crippen molar-refractivity contribution in [3.05, 3.63) is 29.6 Å². The van der Waals surface area contributed by atoms with Crippen molar-refractivity contribution in [2.24, 2.45) is 0 Å². The van der Waals surface area contributed by atoms with Gasteiger partial charge in [0, 0.05) is 6.54 Å². The molecule has 0 aliphatic carbocycles. The lowest BCUT2D eigenvalue weighted by Crippen LogP contribution is -2.47. The monoisotopic (exact) mass is 312 g/mol. The predicted molar refractivity (Wildman–Crippen MR) is 70.3 cm³/mol. The highest BCUT2D eigenvalue weighted by Gasteiger charge is 2.37. The van der Waals surface area contributed by atoms with Gasteiger partial charge in [0.05, 0.1) is 10.5 Å². The van der Waals surface area contributed by atoms with Crippen molar-refractivity contribution in [2.75, 3.05) is 6.54 Å². The quantitative estimate of drug-likeness (QED) is 0.907. The number of aliphatic carboxylic acids is 1. The number of halogens is 1. The molecule has 8 heteroatoms. The SMILES string of the molecule is N#Cc1ccc(S(=O)(=O)N2CCCCC2C(=O)O)cc1F. The Kier molecular flexibility index (Phi) is 4.25. The van der Waals surface area contributed by atoms with Crippen LogP contribution in [-0.2, 0) is 14.8 Å². The molecule has 1 aliphatic heterocycles. The van der Waals surface area contributed by atoms with E-state index in [4.69, 9.17) is 10.4 Å². The molecular weight excluding hydrogens is 299 g/mol. The first-order valence-electron chi connectivity index (χ1n) is 6.32. The summed E-state index contributed by atoms with van der Waals surface area (Å²) in [6, 6.07) is 3.40. The zero-order valence-corrected chi connectivity index (χ0v) is 11.8. The van der Waals surface area contributed by atoms with E-state index in [1.807, 2.05) is 0 Å². The second-order valence-corrected chi connectivity index (χ2v) is 6.61. The first kappa shape index (κ1) is 15.4. The lowest BCUT2D eigenvalue weighted by molar-refractivity contribution is -0.142. The molecule has 1 saturated heterocycles. The fourth-order valence-corrected chi connectivity index (χ4v) is 3.99. The Morgan fingerprint density at radius 2 is 2.14 bits per heavy atom. The Balaban J connectivity index is 2.43. The summed E-state index contributed by atoms with van der Waals surface area (Å²) < 4.78 is 39.4. The van der Waals surface area contributed by atoms with Gasteiger partial charge in [0.25, 0.3) is 0 Å². The summed E-state index contributed by atoms with van der Waals surface area (Å²) in [6.45, 7) is 0.0842. The lowest BCUT2D eigenvalue weighted by atomic mass is 10.1. The minimum atomic E-state index is -4.10. The van der Waals surface area contributed by atoms with Gasteiger partial charge in [-0.15, -0.1) is 0 Å². The highest BCUT2D eigenvalue weighted by Crippen LogP contribution is 2.26. The third-order valence-electron chi connectivity index (χ3n) is 3.41. The van der Waals surface area contributed by atoms with Gasteiger partial charge in [-0.1, -0.05) is 0 Å². The van der Waals surface area contributed by atoms with Gasteiger partial charge in [-0.05, 0) is 37.5 Å². The predicted octanol–water partition coefficient (Wildman–Crippen LogP) is 1.33. The Labute approximate surface area is 121 Å². The number of benzene rings is 1. The fraction of sp³-hybridized carbons (Fsp3) is 0.385. The van der Waals surface area contributed by atoms with Crippen LogP contribution in [0.25, 0.3) is 0 Å². The topological polar surface area (TPSA) is 98.5 Å². The first-order valence-corrected chi connectivity index (χ1v) is 7.76. The van der Waals surface area contributed by atoms with E-state index in [-0.39, 0.29) is 23.4 Å². The van der Waals surface area contributed by atoms with E-state index in [0.29, 0.717) is 12.8 Å². The Morgan fingerprint density at radius 3 is 2.71 bits per heavy atom. The van der Waals surface area contributed by atoms with Crippen LogP contribution in [0.15, 0.2) is 23.1 Å². The molecule has 112 valence electrons. The number of sulfonamides is 1. The van der Waals surface area contributed by atoms with Crippen LogP contribution in [0.2, 0.25) is 0 Å². The van der Waals surface area contributed by atoms with Gasteiger partial charge in [0.1, 0.15) is 17.9 Å². The number of nitrogens with zero attached hydrogens (tertiary/aromatic N) is 2. The van der Waals surface area contributed by atoms with E-state index in [1.165, 1.54) is 0 Å². The second kappa shape index (κ2) is 5.79. The maximum atomic E-state index is 13.6. The molecule has 0 amide bonds. The summed E-state index contributed by atoms with van der Waals surface area (Å²) in [4.78, 5) is 10.8. The van der Waals surface area contributed by atoms with Crippen LogP contribution in [0.3, 0.4) is 0 Å². The van der Waals surface area contributed by atoms with Gasteiger partial charge in [0.15, 0.2) is 0 Å². The van der Waals surface area contributed by atoms with Crippen LogP contribution in [0.4, 0.5) is 4.39 Å². The van der Waals surface area contributed by atoms with E-state index in [2.05, 4.69) is 0 Å². The molecule has 1 unspecified atom stereocenters. The van der Waals surface area contributed by atoms with Crippen molar-refractivity contribution in [2.45, 2.75) is 30.2 Å². The summed E-state index contributed by atoms with van der Waals surface area (Å²) in [5, 5.41) is 17.8. The minimum absolute atomic E-state index is 0.0842. The lowest BCUT2D eigenvalue weighted by Gasteiger charge is -2.31. The minimum Gasteiger partial charge on any atom is -0.480 e. The van der Waals surface area contributed by atoms with Gasteiger partial charge in [-0.3, -0.25) is 4.79 Å². The van der Waals surface area contributed by atoms with Gasteiger partial charge < -0.3 is 5.11 Å². The zero-order chi connectivity index (χ0) is 15.6. The Hall–Kier alpha value is -1.98. The fourth-order valence-electron chi connectivity index (χ4n) is 2.32. The smallest absolute Gasteiger partial charge is 0.322 e. The summed E-state index contributed by atoms with van der Waals surface area (Å²) in [6.07, 6.45) is 1.42. The largest absolute Gasteiger partial charge is 0.480 e.